The van der Waals surface area contributed by atoms with Gasteiger partial charge in [-0.1, -0.05) is 12.1 Å². The standard InChI is InChI=1S/C23H27N3O4S.3C2H4O2/c1-30-20-6-5-15(22-24-18(13-31-22)23(28)29)8-17(20)12-25-9-14-7-16(11-25)19-3-2-4-21(27)26(19)10-14;3*1-2(3)4/h2-6,8,14,16,18,22,24H,7,9-13H2,1H3,(H,28,29);3*1H3,(H,3,4). The highest BCUT2D eigenvalue weighted by molar-refractivity contribution is 7.99. The number of ether oxygens (including phenoxy) is 1. The van der Waals surface area contributed by atoms with E-state index in [-0.39, 0.29) is 10.9 Å². The third-order valence-corrected chi connectivity index (χ3v) is 7.90. The van der Waals surface area contributed by atoms with Crippen molar-refractivity contribution >= 4 is 35.6 Å². The minimum absolute atomic E-state index is 0.0229. The number of methoxy groups -OCH3 is 1. The molecule has 4 heterocycles. The van der Waals surface area contributed by atoms with Crippen LogP contribution in [0.2, 0.25) is 0 Å². The number of hydrogen-bond acceptors (Lipinski definition) is 9. The van der Waals surface area contributed by atoms with Gasteiger partial charge in [0.25, 0.3) is 23.5 Å². The second-order valence-electron chi connectivity index (χ2n) is 10.3. The van der Waals surface area contributed by atoms with Crippen LogP contribution >= 0.6 is 11.8 Å². The molecule has 0 saturated carbocycles. The fourth-order valence-electron chi connectivity index (χ4n) is 5.26. The van der Waals surface area contributed by atoms with Crippen LogP contribution in [-0.2, 0) is 32.3 Å². The Bertz CT molecular complexity index is 1310. The first kappa shape index (κ1) is 35.3. The van der Waals surface area contributed by atoms with Gasteiger partial charge in [0, 0.05) is 75.9 Å². The number of aliphatic carboxylic acids is 4. The molecule has 1 aromatic heterocycles. The van der Waals surface area contributed by atoms with E-state index in [0.717, 1.165) is 75.9 Å². The van der Waals surface area contributed by atoms with E-state index in [9.17, 15) is 14.7 Å². The number of aromatic nitrogens is 1. The summed E-state index contributed by atoms with van der Waals surface area (Å²) in [6.45, 7) is 6.70. The maximum Gasteiger partial charge on any atom is 0.321 e. The Balaban J connectivity index is 0.000000462. The van der Waals surface area contributed by atoms with E-state index >= 15 is 0 Å². The molecule has 43 heavy (non-hydrogen) atoms. The first-order valence-electron chi connectivity index (χ1n) is 13.5. The SMILES string of the molecule is CC(=O)O.CC(=O)O.CC(=O)O.COc1ccc(C2NC(C(=O)O)CS2)cc1CN1CC2CC(C1)c1cccc(=O)n1C2. The average molecular weight is 622 g/mol. The molecule has 13 nitrogen and oxygen atoms in total. The molecular weight excluding hydrogens is 582 g/mol. The van der Waals surface area contributed by atoms with E-state index < -0.39 is 29.9 Å². The van der Waals surface area contributed by atoms with Gasteiger partial charge in [-0.3, -0.25) is 34.2 Å². The molecule has 2 saturated heterocycles. The van der Waals surface area contributed by atoms with Crippen LogP contribution in [-0.4, -0.2) is 85.8 Å². The third-order valence-electron chi connectivity index (χ3n) is 6.64. The number of fused-ring (bicyclic) bond motifs is 4. The highest BCUT2D eigenvalue weighted by Gasteiger charge is 2.35. The van der Waals surface area contributed by atoms with E-state index in [0.29, 0.717) is 17.6 Å². The summed E-state index contributed by atoms with van der Waals surface area (Å²) in [6.07, 6.45) is 1.14. The molecule has 4 unspecified atom stereocenters. The van der Waals surface area contributed by atoms with E-state index in [4.69, 9.17) is 34.4 Å². The molecule has 0 amide bonds. The van der Waals surface area contributed by atoms with Gasteiger partial charge < -0.3 is 29.7 Å². The normalized spacial score (nSPS) is 21.7. The first-order chi connectivity index (χ1) is 20.2. The average Bonchev–Trinajstić information content (AvgIpc) is 3.39. The lowest BCUT2D eigenvalue weighted by atomic mass is 9.83. The lowest BCUT2D eigenvalue weighted by Gasteiger charge is -2.43. The van der Waals surface area contributed by atoms with Crippen molar-refractivity contribution in [1.82, 2.24) is 14.8 Å². The summed E-state index contributed by atoms with van der Waals surface area (Å²) >= 11 is 1.63. The van der Waals surface area contributed by atoms with Gasteiger partial charge in [-0.15, -0.1) is 11.8 Å². The van der Waals surface area contributed by atoms with Crippen molar-refractivity contribution in [3.8, 4) is 5.75 Å². The summed E-state index contributed by atoms with van der Waals surface area (Å²) in [6, 6.07) is 11.3. The number of carboxylic acids is 4. The number of nitrogens with one attached hydrogen (secondary N) is 1. The minimum atomic E-state index is -0.833. The Hall–Kier alpha value is -3.88. The molecule has 1 aromatic carbocycles. The Morgan fingerprint density at radius 2 is 1.58 bits per heavy atom. The fraction of sp³-hybridized carbons (Fsp3) is 0.483. The lowest BCUT2D eigenvalue weighted by Crippen LogP contribution is -2.46. The monoisotopic (exact) mass is 621 g/mol. The number of rotatable bonds is 5. The molecule has 0 radical (unpaired) electrons. The number of carboxylic acid groups (broad SMARTS) is 4. The van der Waals surface area contributed by atoms with Gasteiger partial charge in [0.15, 0.2) is 0 Å². The zero-order valence-corrected chi connectivity index (χ0v) is 25.4. The molecule has 5 N–H and O–H groups in total. The number of piperidine rings is 1. The topological polar surface area (TPSA) is 196 Å². The van der Waals surface area contributed by atoms with Crippen LogP contribution in [0.4, 0.5) is 0 Å². The van der Waals surface area contributed by atoms with Crippen LogP contribution in [0.3, 0.4) is 0 Å². The van der Waals surface area contributed by atoms with Crippen molar-refractivity contribution in [3.63, 3.8) is 0 Å². The third kappa shape index (κ3) is 11.4. The van der Waals surface area contributed by atoms with Gasteiger partial charge in [-0.05, 0) is 36.1 Å². The molecule has 2 fully saturated rings. The summed E-state index contributed by atoms with van der Waals surface area (Å²) in [5.41, 5.74) is 3.46. The summed E-state index contributed by atoms with van der Waals surface area (Å²) in [5, 5.41) is 34.7. The van der Waals surface area contributed by atoms with Crippen molar-refractivity contribution < 1.29 is 44.3 Å². The highest BCUT2D eigenvalue weighted by atomic mass is 32.2. The van der Waals surface area contributed by atoms with Crippen LogP contribution in [0.1, 0.15) is 55.3 Å². The predicted octanol–water partition coefficient (Wildman–Crippen LogP) is 2.54. The molecular formula is C29H39N3O10S. The van der Waals surface area contributed by atoms with Gasteiger partial charge in [0.1, 0.15) is 11.8 Å². The van der Waals surface area contributed by atoms with Crippen LogP contribution in [0.25, 0.3) is 0 Å². The first-order valence-corrected chi connectivity index (χ1v) is 14.5. The number of likely N-dealkylation sites (tertiary alicyclic amines) is 1. The summed E-state index contributed by atoms with van der Waals surface area (Å²) < 4.78 is 7.59. The number of pyridine rings is 1. The zero-order valence-electron chi connectivity index (χ0n) is 24.6. The van der Waals surface area contributed by atoms with E-state index in [1.165, 1.54) is 0 Å². The maximum absolute atomic E-state index is 12.3. The molecule has 5 rings (SSSR count). The van der Waals surface area contributed by atoms with E-state index in [1.54, 1.807) is 24.9 Å². The van der Waals surface area contributed by atoms with E-state index in [1.807, 2.05) is 22.8 Å². The molecule has 3 aliphatic rings. The Labute approximate surface area is 253 Å². The lowest BCUT2D eigenvalue weighted by molar-refractivity contribution is -0.139. The summed E-state index contributed by atoms with van der Waals surface area (Å²) in [5.74, 6) is -1.03. The highest BCUT2D eigenvalue weighted by Crippen LogP contribution is 2.38. The second kappa shape index (κ2) is 16.7. The van der Waals surface area contributed by atoms with Crippen molar-refractivity contribution in [2.45, 2.75) is 57.6 Å². The molecule has 2 aromatic rings. The number of benzene rings is 1. The smallest absolute Gasteiger partial charge is 0.321 e. The zero-order chi connectivity index (χ0) is 32.3. The molecule has 4 atom stereocenters. The predicted molar refractivity (Wildman–Crippen MR) is 160 cm³/mol. The van der Waals surface area contributed by atoms with Gasteiger partial charge >= 0.3 is 5.97 Å². The fourth-order valence-corrected chi connectivity index (χ4v) is 6.48. The number of nitrogens with zero attached hydrogens (tertiary/aromatic N) is 2. The van der Waals surface area contributed by atoms with Crippen LogP contribution in [0.5, 0.6) is 5.75 Å². The van der Waals surface area contributed by atoms with Gasteiger partial charge in [-0.2, -0.15) is 0 Å². The quantitative estimate of drug-likeness (QED) is 0.327. The van der Waals surface area contributed by atoms with Crippen LogP contribution in [0, 0.1) is 5.92 Å². The summed E-state index contributed by atoms with van der Waals surface area (Å²) in [4.78, 5) is 53.0. The van der Waals surface area contributed by atoms with Gasteiger partial charge in [-0.25, -0.2) is 0 Å². The Morgan fingerprint density at radius 3 is 2.14 bits per heavy atom. The minimum Gasteiger partial charge on any atom is -0.496 e. The molecule has 3 aliphatic heterocycles. The number of hydrogen-bond donors (Lipinski definition) is 5. The molecule has 236 valence electrons. The van der Waals surface area contributed by atoms with Crippen molar-refractivity contribution in [1.29, 1.82) is 0 Å². The van der Waals surface area contributed by atoms with Crippen molar-refractivity contribution in [2.24, 2.45) is 5.92 Å². The molecule has 0 aliphatic carbocycles. The Kier molecular flexibility index (Phi) is 13.7. The van der Waals surface area contributed by atoms with Crippen LogP contribution < -0.4 is 15.6 Å². The largest absolute Gasteiger partial charge is 0.496 e. The van der Waals surface area contributed by atoms with Crippen molar-refractivity contribution in [3.05, 3.63) is 63.6 Å². The van der Waals surface area contributed by atoms with Gasteiger partial charge in [0.05, 0.1) is 12.5 Å². The molecule has 2 bridgehead atoms. The number of carbonyl (C=O) groups is 4. The van der Waals surface area contributed by atoms with Crippen LogP contribution in [0.15, 0.2) is 41.2 Å². The Morgan fingerprint density at radius 1 is 0.953 bits per heavy atom. The summed E-state index contributed by atoms with van der Waals surface area (Å²) in [7, 11) is 1.69. The molecule has 14 heteroatoms. The van der Waals surface area contributed by atoms with Gasteiger partial charge in [0.2, 0.25) is 0 Å². The van der Waals surface area contributed by atoms with E-state index in [2.05, 4.69) is 22.3 Å². The molecule has 0 spiro atoms. The van der Waals surface area contributed by atoms with Crippen molar-refractivity contribution in [2.75, 3.05) is 26.0 Å². The maximum atomic E-state index is 12.3. The second-order valence-corrected chi connectivity index (χ2v) is 11.4. The number of thioether (sulfide) groups is 1.